The number of hydrogen-bond donors (Lipinski definition) is 2. The van der Waals surface area contributed by atoms with E-state index in [-0.39, 0.29) is 11.7 Å². The summed E-state index contributed by atoms with van der Waals surface area (Å²) < 4.78 is 13.2. The van der Waals surface area contributed by atoms with E-state index >= 15 is 0 Å². The third-order valence-electron chi connectivity index (χ3n) is 4.20. The van der Waals surface area contributed by atoms with Crippen LogP contribution in [-0.4, -0.2) is 5.91 Å². The van der Waals surface area contributed by atoms with Gasteiger partial charge in [-0.1, -0.05) is 42.5 Å². The van der Waals surface area contributed by atoms with Gasteiger partial charge in [-0.25, -0.2) is 4.39 Å². The Morgan fingerprint density at radius 3 is 2.31 bits per heavy atom. The standard InChI is InChI=1S/C22H21FN2O/c1-15-8-9-16(2)20(14-15)25-22(26)21(17-6-4-3-5-7-17)24-19-12-10-18(23)11-13-19/h3-14,21,24H,1-2H3,(H,25,26)/t21-/m0/s1. The van der Waals surface area contributed by atoms with Gasteiger partial charge < -0.3 is 10.6 Å². The maximum absolute atomic E-state index is 13.2. The molecule has 3 nitrogen and oxygen atoms in total. The SMILES string of the molecule is Cc1ccc(C)c(NC(=O)[C@@H](Nc2ccc(F)cc2)c2ccccc2)c1. The Morgan fingerprint density at radius 2 is 1.62 bits per heavy atom. The predicted octanol–water partition coefficient (Wildman–Crippen LogP) is 5.23. The summed E-state index contributed by atoms with van der Waals surface area (Å²) >= 11 is 0. The van der Waals surface area contributed by atoms with Gasteiger partial charge in [0.1, 0.15) is 11.9 Å². The first kappa shape index (κ1) is 17.7. The molecule has 3 aromatic carbocycles. The van der Waals surface area contributed by atoms with Gasteiger partial charge in [-0.05, 0) is 60.9 Å². The Labute approximate surface area is 152 Å². The molecule has 3 rings (SSSR count). The molecule has 0 aliphatic carbocycles. The maximum atomic E-state index is 13.2. The van der Waals surface area contributed by atoms with Gasteiger partial charge in [0.25, 0.3) is 5.91 Å². The molecule has 0 heterocycles. The van der Waals surface area contributed by atoms with Crippen molar-refractivity contribution >= 4 is 17.3 Å². The highest BCUT2D eigenvalue weighted by Gasteiger charge is 2.21. The molecular formula is C22H21FN2O. The van der Waals surface area contributed by atoms with E-state index in [0.29, 0.717) is 5.69 Å². The molecule has 3 aromatic rings. The first-order chi connectivity index (χ1) is 12.5. The Bertz CT molecular complexity index is 892. The third-order valence-corrected chi connectivity index (χ3v) is 4.20. The molecule has 0 spiro atoms. The van der Waals surface area contributed by atoms with Crippen LogP contribution in [-0.2, 0) is 4.79 Å². The van der Waals surface area contributed by atoms with Crippen molar-refractivity contribution in [2.45, 2.75) is 19.9 Å². The van der Waals surface area contributed by atoms with Gasteiger partial charge in [-0.15, -0.1) is 0 Å². The van der Waals surface area contributed by atoms with Gasteiger partial charge in [-0.2, -0.15) is 0 Å². The first-order valence-corrected chi connectivity index (χ1v) is 8.48. The zero-order valence-corrected chi connectivity index (χ0v) is 14.8. The van der Waals surface area contributed by atoms with Gasteiger partial charge >= 0.3 is 0 Å². The number of carbonyl (C=O) groups excluding carboxylic acids is 1. The highest BCUT2D eigenvalue weighted by atomic mass is 19.1. The summed E-state index contributed by atoms with van der Waals surface area (Å²) in [4.78, 5) is 13.0. The number of nitrogens with one attached hydrogen (secondary N) is 2. The molecule has 0 saturated carbocycles. The summed E-state index contributed by atoms with van der Waals surface area (Å²) in [7, 11) is 0. The summed E-state index contributed by atoms with van der Waals surface area (Å²) in [6, 6.07) is 20.8. The van der Waals surface area contributed by atoms with E-state index in [2.05, 4.69) is 10.6 Å². The fraction of sp³-hybridized carbons (Fsp3) is 0.136. The average Bonchev–Trinajstić information content (AvgIpc) is 2.65. The molecule has 0 radical (unpaired) electrons. The number of halogens is 1. The molecule has 0 aliphatic rings. The molecule has 2 N–H and O–H groups in total. The first-order valence-electron chi connectivity index (χ1n) is 8.48. The van der Waals surface area contributed by atoms with Crippen LogP contribution in [0.5, 0.6) is 0 Å². The van der Waals surface area contributed by atoms with E-state index in [1.165, 1.54) is 12.1 Å². The van der Waals surface area contributed by atoms with Crippen molar-refractivity contribution < 1.29 is 9.18 Å². The van der Waals surface area contributed by atoms with Crippen molar-refractivity contribution in [2.24, 2.45) is 0 Å². The molecule has 0 unspecified atom stereocenters. The van der Waals surface area contributed by atoms with Crippen molar-refractivity contribution in [3.05, 3.63) is 95.3 Å². The fourth-order valence-electron chi connectivity index (χ4n) is 2.73. The van der Waals surface area contributed by atoms with Crippen molar-refractivity contribution in [2.75, 3.05) is 10.6 Å². The largest absolute Gasteiger partial charge is 0.370 e. The van der Waals surface area contributed by atoms with E-state index in [9.17, 15) is 9.18 Å². The van der Waals surface area contributed by atoms with Crippen LogP contribution in [0.4, 0.5) is 15.8 Å². The van der Waals surface area contributed by atoms with E-state index in [1.54, 1.807) is 12.1 Å². The van der Waals surface area contributed by atoms with E-state index in [4.69, 9.17) is 0 Å². The number of carbonyl (C=O) groups is 1. The highest BCUT2D eigenvalue weighted by Crippen LogP contribution is 2.23. The quantitative estimate of drug-likeness (QED) is 0.662. The number of anilines is 2. The number of hydrogen-bond acceptors (Lipinski definition) is 2. The average molecular weight is 348 g/mol. The molecule has 26 heavy (non-hydrogen) atoms. The number of amides is 1. The van der Waals surface area contributed by atoms with Crippen LogP contribution in [0.3, 0.4) is 0 Å². The molecule has 4 heteroatoms. The van der Waals surface area contributed by atoms with Crippen LogP contribution in [0, 0.1) is 19.7 Å². The predicted molar refractivity (Wildman–Crippen MR) is 104 cm³/mol. The zero-order valence-electron chi connectivity index (χ0n) is 14.8. The van der Waals surface area contributed by atoms with E-state index < -0.39 is 6.04 Å². The fourth-order valence-corrected chi connectivity index (χ4v) is 2.73. The molecule has 0 bridgehead atoms. The third kappa shape index (κ3) is 4.28. The second kappa shape index (κ2) is 7.83. The summed E-state index contributed by atoms with van der Waals surface area (Å²) in [6.07, 6.45) is 0. The molecule has 0 aliphatic heterocycles. The van der Waals surface area contributed by atoms with E-state index in [1.807, 2.05) is 62.4 Å². The molecule has 132 valence electrons. The van der Waals surface area contributed by atoms with Crippen LogP contribution in [0.15, 0.2) is 72.8 Å². The summed E-state index contributed by atoms with van der Waals surface area (Å²) in [5.74, 6) is -0.485. The van der Waals surface area contributed by atoms with E-state index in [0.717, 1.165) is 22.4 Å². The Morgan fingerprint density at radius 1 is 0.923 bits per heavy atom. The van der Waals surface area contributed by atoms with Crippen LogP contribution >= 0.6 is 0 Å². The second-order valence-corrected chi connectivity index (χ2v) is 6.30. The minimum Gasteiger partial charge on any atom is -0.370 e. The minimum absolute atomic E-state index is 0.172. The van der Waals surface area contributed by atoms with Crippen LogP contribution in [0.2, 0.25) is 0 Å². The van der Waals surface area contributed by atoms with Gasteiger partial charge in [0.05, 0.1) is 0 Å². The second-order valence-electron chi connectivity index (χ2n) is 6.30. The van der Waals surface area contributed by atoms with Crippen LogP contribution < -0.4 is 10.6 Å². The molecular weight excluding hydrogens is 327 g/mol. The van der Waals surface area contributed by atoms with Gasteiger partial charge in [0.15, 0.2) is 0 Å². The minimum atomic E-state index is -0.596. The molecule has 0 aromatic heterocycles. The topological polar surface area (TPSA) is 41.1 Å². The lowest BCUT2D eigenvalue weighted by molar-refractivity contribution is -0.117. The lowest BCUT2D eigenvalue weighted by Gasteiger charge is -2.21. The molecule has 1 atom stereocenters. The lowest BCUT2D eigenvalue weighted by atomic mass is 10.0. The zero-order chi connectivity index (χ0) is 18.5. The summed E-state index contributed by atoms with van der Waals surface area (Å²) in [6.45, 7) is 3.94. The molecule has 0 saturated heterocycles. The smallest absolute Gasteiger partial charge is 0.251 e. The van der Waals surface area contributed by atoms with Crippen molar-refractivity contribution in [1.82, 2.24) is 0 Å². The lowest BCUT2D eigenvalue weighted by Crippen LogP contribution is -2.27. The van der Waals surface area contributed by atoms with Gasteiger partial charge in [-0.3, -0.25) is 4.79 Å². The summed E-state index contributed by atoms with van der Waals surface area (Å²) in [5.41, 5.74) is 4.37. The van der Waals surface area contributed by atoms with Crippen LogP contribution in [0.25, 0.3) is 0 Å². The number of rotatable bonds is 5. The normalized spacial score (nSPS) is 11.7. The van der Waals surface area contributed by atoms with Crippen molar-refractivity contribution in [3.8, 4) is 0 Å². The molecule has 0 fully saturated rings. The van der Waals surface area contributed by atoms with Gasteiger partial charge in [0.2, 0.25) is 0 Å². The summed E-state index contributed by atoms with van der Waals surface area (Å²) in [5, 5.41) is 6.20. The monoisotopic (exact) mass is 348 g/mol. The maximum Gasteiger partial charge on any atom is 0.251 e. The van der Waals surface area contributed by atoms with Crippen molar-refractivity contribution in [3.63, 3.8) is 0 Å². The Hall–Kier alpha value is -3.14. The number of aryl methyl sites for hydroxylation is 2. The molecule has 1 amide bonds. The van der Waals surface area contributed by atoms with Gasteiger partial charge in [0, 0.05) is 11.4 Å². The van der Waals surface area contributed by atoms with Crippen LogP contribution in [0.1, 0.15) is 22.7 Å². The highest BCUT2D eigenvalue weighted by molar-refractivity contribution is 5.97. The van der Waals surface area contributed by atoms with Crippen molar-refractivity contribution in [1.29, 1.82) is 0 Å². The Balaban J connectivity index is 1.88. The Kier molecular flexibility index (Phi) is 5.32. The number of benzene rings is 3.